The van der Waals surface area contributed by atoms with E-state index in [9.17, 15) is 0 Å². The summed E-state index contributed by atoms with van der Waals surface area (Å²) in [4.78, 5) is 6.81. The number of hydrogen-bond donors (Lipinski definition) is 1. The van der Waals surface area contributed by atoms with Crippen LogP contribution in [-0.4, -0.2) is 9.97 Å². The summed E-state index contributed by atoms with van der Waals surface area (Å²) in [6.45, 7) is 0. The highest BCUT2D eigenvalue weighted by atomic mass is 79.9. The molecular formula is C5H4BrClN2S. The average molecular weight is 240 g/mol. The first-order chi connectivity index (χ1) is 4.74. The zero-order chi connectivity index (χ0) is 7.56. The van der Waals surface area contributed by atoms with E-state index >= 15 is 0 Å². The highest BCUT2D eigenvalue weighted by Gasteiger charge is 1.93. The standard InChI is InChI=1S/C5H4BrClN2S/c6-3-2-8-4(1-7)9-5(3)10/h2H,1H2,(H,8,9,10). The van der Waals surface area contributed by atoms with E-state index in [-0.39, 0.29) is 0 Å². The molecule has 0 saturated carbocycles. The van der Waals surface area contributed by atoms with Crippen molar-refractivity contribution in [2.24, 2.45) is 0 Å². The third-order valence-corrected chi connectivity index (χ3v) is 2.37. The van der Waals surface area contributed by atoms with E-state index in [2.05, 4.69) is 25.9 Å². The van der Waals surface area contributed by atoms with Crippen molar-refractivity contribution in [3.63, 3.8) is 0 Å². The van der Waals surface area contributed by atoms with Gasteiger partial charge in [0.2, 0.25) is 0 Å². The van der Waals surface area contributed by atoms with E-state index in [0.29, 0.717) is 16.3 Å². The predicted molar refractivity (Wildman–Crippen MR) is 46.7 cm³/mol. The summed E-state index contributed by atoms with van der Waals surface area (Å²) in [6.07, 6.45) is 1.64. The van der Waals surface area contributed by atoms with Crippen LogP contribution in [0, 0.1) is 4.64 Å². The van der Waals surface area contributed by atoms with Gasteiger partial charge in [0, 0.05) is 6.20 Å². The number of alkyl halides is 1. The average Bonchev–Trinajstić information content (AvgIpc) is 1.95. The molecule has 0 fully saturated rings. The van der Waals surface area contributed by atoms with Crippen molar-refractivity contribution < 1.29 is 0 Å². The molecular weight excluding hydrogens is 235 g/mol. The van der Waals surface area contributed by atoms with Crippen LogP contribution in [0.25, 0.3) is 0 Å². The van der Waals surface area contributed by atoms with Gasteiger partial charge in [-0.1, -0.05) is 12.2 Å². The van der Waals surface area contributed by atoms with Crippen LogP contribution in [0.2, 0.25) is 0 Å². The van der Waals surface area contributed by atoms with E-state index in [1.165, 1.54) is 0 Å². The van der Waals surface area contributed by atoms with Crippen molar-refractivity contribution in [2.45, 2.75) is 5.88 Å². The number of hydrogen-bond acceptors (Lipinski definition) is 2. The van der Waals surface area contributed by atoms with Gasteiger partial charge in [-0.05, 0) is 15.9 Å². The molecule has 1 aromatic heterocycles. The van der Waals surface area contributed by atoms with Crippen LogP contribution in [0.1, 0.15) is 5.82 Å². The Kier molecular flexibility index (Phi) is 2.82. The monoisotopic (exact) mass is 238 g/mol. The maximum Gasteiger partial charge on any atom is 0.122 e. The summed E-state index contributed by atoms with van der Waals surface area (Å²) in [5, 5.41) is 0. The third kappa shape index (κ3) is 1.78. The second-order valence-electron chi connectivity index (χ2n) is 1.64. The van der Waals surface area contributed by atoms with Gasteiger partial charge in [0.1, 0.15) is 10.5 Å². The molecule has 1 aromatic rings. The van der Waals surface area contributed by atoms with Gasteiger partial charge in [-0.15, -0.1) is 11.6 Å². The normalized spacial score (nSPS) is 9.80. The van der Waals surface area contributed by atoms with Gasteiger partial charge < -0.3 is 4.98 Å². The quantitative estimate of drug-likeness (QED) is 0.603. The van der Waals surface area contributed by atoms with Crippen LogP contribution < -0.4 is 0 Å². The summed E-state index contributed by atoms with van der Waals surface area (Å²) in [6, 6.07) is 0. The molecule has 5 heteroatoms. The van der Waals surface area contributed by atoms with Crippen molar-refractivity contribution in [3.05, 3.63) is 21.1 Å². The lowest BCUT2D eigenvalue weighted by molar-refractivity contribution is 1.01. The fraction of sp³-hybridized carbons (Fsp3) is 0.200. The van der Waals surface area contributed by atoms with E-state index in [1.807, 2.05) is 0 Å². The summed E-state index contributed by atoms with van der Waals surface area (Å²) < 4.78 is 1.42. The van der Waals surface area contributed by atoms with Crippen molar-refractivity contribution in [2.75, 3.05) is 0 Å². The molecule has 2 nitrogen and oxygen atoms in total. The lowest BCUT2D eigenvalue weighted by Gasteiger charge is -1.94. The summed E-state index contributed by atoms with van der Waals surface area (Å²) in [5.74, 6) is 1.05. The largest absolute Gasteiger partial charge is 0.333 e. The van der Waals surface area contributed by atoms with Crippen molar-refractivity contribution >= 4 is 39.7 Å². The summed E-state index contributed by atoms with van der Waals surface area (Å²) >= 11 is 13.6. The van der Waals surface area contributed by atoms with E-state index < -0.39 is 0 Å². The second kappa shape index (κ2) is 3.46. The van der Waals surface area contributed by atoms with Crippen LogP contribution in [-0.2, 0) is 5.88 Å². The SMILES string of the molecule is S=c1[nH]c(CCl)ncc1Br. The Morgan fingerprint density at radius 3 is 3.00 bits per heavy atom. The molecule has 0 aliphatic rings. The highest BCUT2D eigenvalue weighted by Crippen LogP contribution is 2.08. The Morgan fingerprint density at radius 1 is 1.80 bits per heavy atom. The number of nitrogens with one attached hydrogen (secondary N) is 1. The fourth-order valence-electron chi connectivity index (χ4n) is 0.484. The first kappa shape index (κ1) is 8.17. The topological polar surface area (TPSA) is 28.7 Å². The first-order valence-electron chi connectivity index (χ1n) is 2.53. The Bertz CT molecular complexity index is 285. The summed E-state index contributed by atoms with van der Waals surface area (Å²) in [7, 11) is 0. The molecule has 0 amide bonds. The molecule has 0 spiro atoms. The Labute approximate surface area is 76.8 Å². The molecule has 1 heterocycles. The minimum atomic E-state index is 0.358. The van der Waals surface area contributed by atoms with Crippen LogP contribution >= 0.6 is 39.7 Å². The number of H-pyrrole nitrogens is 1. The number of aromatic amines is 1. The Hall–Kier alpha value is 0.0700. The van der Waals surface area contributed by atoms with Gasteiger partial charge in [-0.3, -0.25) is 0 Å². The van der Waals surface area contributed by atoms with Crippen LogP contribution in [0.15, 0.2) is 10.7 Å². The third-order valence-electron chi connectivity index (χ3n) is 0.935. The van der Waals surface area contributed by atoms with E-state index in [0.717, 1.165) is 4.47 Å². The molecule has 0 atom stereocenters. The Balaban J connectivity index is 3.17. The molecule has 0 aliphatic heterocycles. The molecule has 0 aliphatic carbocycles. The maximum absolute atomic E-state index is 5.50. The number of rotatable bonds is 1. The second-order valence-corrected chi connectivity index (χ2v) is 3.17. The lowest BCUT2D eigenvalue weighted by Crippen LogP contribution is -1.90. The van der Waals surface area contributed by atoms with Crippen LogP contribution in [0.4, 0.5) is 0 Å². The fourth-order valence-corrected chi connectivity index (χ4v) is 0.992. The maximum atomic E-state index is 5.50. The smallest absolute Gasteiger partial charge is 0.122 e. The van der Waals surface area contributed by atoms with Crippen LogP contribution in [0.3, 0.4) is 0 Å². The first-order valence-corrected chi connectivity index (χ1v) is 4.27. The van der Waals surface area contributed by atoms with Gasteiger partial charge in [-0.2, -0.15) is 0 Å². The van der Waals surface area contributed by atoms with Gasteiger partial charge >= 0.3 is 0 Å². The molecule has 0 aromatic carbocycles. The van der Waals surface area contributed by atoms with Crippen molar-refractivity contribution in [3.8, 4) is 0 Å². The summed E-state index contributed by atoms with van der Waals surface area (Å²) in [5.41, 5.74) is 0. The van der Waals surface area contributed by atoms with Gasteiger partial charge in [-0.25, -0.2) is 4.98 Å². The molecule has 0 radical (unpaired) electrons. The minimum Gasteiger partial charge on any atom is -0.333 e. The van der Waals surface area contributed by atoms with Gasteiger partial charge in [0.15, 0.2) is 0 Å². The molecule has 0 unspecified atom stereocenters. The molecule has 0 saturated heterocycles. The zero-order valence-electron chi connectivity index (χ0n) is 4.90. The lowest BCUT2D eigenvalue weighted by atomic mass is 10.6. The number of aromatic nitrogens is 2. The molecule has 1 rings (SSSR count). The molecule has 10 heavy (non-hydrogen) atoms. The van der Waals surface area contributed by atoms with E-state index in [4.69, 9.17) is 23.8 Å². The molecule has 0 bridgehead atoms. The molecule has 54 valence electrons. The minimum absolute atomic E-state index is 0.358. The highest BCUT2D eigenvalue weighted by molar-refractivity contribution is 9.10. The van der Waals surface area contributed by atoms with Crippen molar-refractivity contribution in [1.29, 1.82) is 0 Å². The predicted octanol–water partition coefficient (Wildman–Crippen LogP) is 2.64. The molecule has 1 N–H and O–H groups in total. The number of halogens is 2. The number of nitrogens with zero attached hydrogens (tertiary/aromatic N) is 1. The van der Waals surface area contributed by atoms with Gasteiger partial charge in [0.05, 0.1) is 10.4 Å². The van der Waals surface area contributed by atoms with Crippen LogP contribution in [0.5, 0.6) is 0 Å². The van der Waals surface area contributed by atoms with E-state index in [1.54, 1.807) is 6.20 Å². The Morgan fingerprint density at radius 2 is 2.50 bits per heavy atom. The van der Waals surface area contributed by atoms with Gasteiger partial charge in [0.25, 0.3) is 0 Å². The van der Waals surface area contributed by atoms with Crippen molar-refractivity contribution in [1.82, 2.24) is 9.97 Å². The zero-order valence-corrected chi connectivity index (χ0v) is 8.05.